The summed E-state index contributed by atoms with van der Waals surface area (Å²) in [5.74, 6) is 0. The molecule has 0 bridgehead atoms. The number of carbonyl (C=O) groups is 2. The van der Waals surface area contributed by atoms with Crippen molar-refractivity contribution in [3.05, 3.63) is 23.2 Å². The van der Waals surface area contributed by atoms with Gasteiger partial charge in [-0.15, -0.1) is 0 Å². The second-order valence-corrected chi connectivity index (χ2v) is 5.92. The molecule has 0 saturated carbocycles. The van der Waals surface area contributed by atoms with Gasteiger partial charge in [-0.3, -0.25) is 9.88 Å². The van der Waals surface area contributed by atoms with Crippen LogP contribution in [0.3, 0.4) is 0 Å². The molecule has 6 nitrogen and oxygen atoms in total. The average molecular weight is 300 g/mol. The maximum atomic E-state index is 12.1. The first-order chi connectivity index (χ1) is 9.10. The van der Waals surface area contributed by atoms with Gasteiger partial charge in [-0.2, -0.15) is 0 Å². The van der Waals surface area contributed by atoms with Crippen LogP contribution >= 0.6 is 11.6 Å². The number of nitrogens with zero attached hydrogens (tertiary/aromatic N) is 3. The van der Waals surface area contributed by atoms with Crippen molar-refractivity contribution in [3.8, 4) is 0 Å². The van der Waals surface area contributed by atoms with Crippen molar-refractivity contribution < 1.29 is 14.3 Å². The fraction of sp³-hybridized carbons (Fsp3) is 0.538. The number of ether oxygens (including phenoxy) is 1. The van der Waals surface area contributed by atoms with Crippen LogP contribution in [0.5, 0.6) is 0 Å². The Morgan fingerprint density at radius 1 is 1.35 bits per heavy atom. The number of aromatic nitrogens is 2. The third-order valence-corrected chi connectivity index (χ3v) is 2.90. The van der Waals surface area contributed by atoms with Crippen molar-refractivity contribution in [1.82, 2.24) is 14.9 Å². The lowest BCUT2D eigenvalue weighted by molar-refractivity contribution is -0.117. The number of hydrogen-bond donors (Lipinski definition) is 0. The smallest absolute Gasteiger partial charge is 0.411 e. The van der Waals surface area contributed by atoms with E-state index in [1.165, 1.54) is 24.3 Å². The van der Waals surface area contributed by atoms with E-state index in [1.54, 1.807) is 27.7 Å². The first-order valence-corrected chi connectivity index (χ1v) is 6.39. The number of likely N-dealkylation sites (N-methyl/N-ethyl adjacent to an activating group) is 1. The molecule has 1 amide bonds. The van der Waals surface area contributed by atoms with Crippen LogP contribution in [-0.2, 0) is 15.1 Å². The van der Waals surface area contributed by atoms with Gasteiger partial charge in [0, 0.05) is 7.05 Å². The molecule has 0 aliphatic heterocycles. The lowest BCUT2D eigenvalue weighted by Gasteiger charge is -2.34. The summed E-state index contributed by atoms with van der Waals surface area (Å²) in [6, 6.07) is 0. The standard InChI is InChI=1S/C13H18ClN3O3/c1-12(2,3)20-11(19)17(5)13(4,8-18)9-6-15-7-10(14)16-9/h6-8H,1-5H3. The van der Waals surface area contributed by atoms with E-state index in [0.717, 1.165) is 0 Å². The number of hydrogen-bond acceptors (Lipinski definition) is 5. The Bertz CT molecular complexity index is 516. The van der Waals surface area contributed by atoms with Crippen LogP contribution in [0.15, 0.2) is 12.4 Å². The molecule has 1 aromatic heterocycles. The van der Waals surface area contributed by atoms with E-state index in [2.05, 4.69) is 9.97 Å². The minimum Gasteiger partial charge on any atom is -0.444 e. The SMILES string of the molecule is CN(C(=O)OC(C)(C)C)C(C)(C=O)c1cncc(Cl)n1. The second-order valence-electron chi connectivity index (χ2n) is 5.53. The molecular formula is C13H18ClN3O3. The number of aldehydes is 1. The molecule has 0 aliphatic carbocycles. The van der Waals surface area contributed by atoms with E-state index >= 15 is 0 Å². The molecule has 110 valence electrons. The Morgan fingerprint density at radius 2 is 1.95 bits per heavy atom. The molecular weight excluding hydrogens is 282 g/mol. The summed E-state index contributed by atoms with van der Waals surface area (Å²) in [6.45, 7) is 6.78. The maximum absolute atomic E-state index is 12.1. The van der Waals surface area contributed by atoms with Gasteiger partial charge in [-0.25, -0.2) is 9.78 Å². The summed E-state index contributed by atoms with van der Waals surface area (Å²) in [4.78, 5) is 32.7. The molecule has 1 heterocycles. The van der Waals surface area contributed by atoms with Crippen molar-refractivity contribution in [2.75, 3.05) is 7.05 Å². The number of carbonyl (C=O) groups excluding carboxylic acids is 2. The summed E-state index contributed by atoms with van der Waals surface area (Å²) in [7, 11) is 1.46. The average Bonchev–Trinajstić information content (AvgIpc) is 2.34. The van der Waals surface area contributed by atoms with Gasteiger partial charge in [-0.05, 0) is 27.7 Å². The molecule has 0 aromatic carbocycles. The van der Waals surface area contributed by atoms with Gasteiger partial charge in [0.05, 0.1) is 18.1 Å². The number of amides is 1. The lowest BCUT2D eigenvalue weighted by atomic mass is 9.99. The first kappa shape index (κ1) is 16.4. The molecule has 0 fully saturated rings. The normalized spacial score (nSPS) is 14.3. The zero-order valence-corrected chi connectivity index (χ0v) is 12.9. The largest absolute Gasteiger partial charge is 0.444 e. The highest BCUT2D eigenvalue weighted by Crippen LogP contribution is 2.25. The van der Waals surface area contributed by atoms with Crippen LogP contribution < -0.4 is 0 Å². The zero-order valence-electron chi connectivity index (χ0n) is 12.2. The van der Waals surface area contributed by atoms with Crippen LogP contribution in [0, 0.1) is 0 Å². The van der Waals surface area contributed by atoms with Crippen LogP contribution in [-0.4, -0.2) is 39.9 Å². The van der Waals surface area contributed by atoms with Gasteiger partial charge < -0.3 is 9.53 Å². The topological polar surface area (TPSA) is 72.4 Å². The van der Waals surface area contributed by atoms with Gasteiger partial charge in [-0.1, -0.05) is 11.6 Å². The molecule has 1 unspecified atom stereocenters. The predicted molar refractivity (Wildman–Crippen MR) is 74.5 cm³/mol. The molecule has 0 aliphatic rings. The summed E-state index contributed by atoms with van der Waals surface area (Å²) >= 11 is 5.77. The van der Waals surface area contributed by atoms with Crippen LogP contribution in [0.25, 0.3) is 0 Å². The third kappa shape index (κ3) is 3.66. The zero-order chi connectivity index (χ0) is 15.6. The van der Waals surface area contributed by atoms with Crippen LogP contribution in [0.2, 0.25) is 5.15 Å². The molecule has 0 N–H and O–H groups in total. The predicted octanol–water partition coefficient (Wildman–Crippen LogP) is 2.41. The molecule has 1 atom stereocenters. The summed E-state index contributed by atoms with van der Waals surface area (Å²) in [5, 5.41) is 0.146. The summed E-state index contributed by atoms with van der Waals surface area (Å²) in [6.07, 6.45) is 2.72. The fourth-order valence-electron chi connectivity index (χ4n) is 1.42. The minimum absolute atomic E-state index is 0.146. The Morgan fingerprint density at radius 3 is 2.40 bits per heavy atom. The van der Waals surface area contributed by atoms with E-state index in [9.17, 15) is 9.59 Å². The Kier molecular flexibility index (Phi) is 4.70. The van der Waals surface area contributed by atoms with Crippen molar-refractivity contribution in [2.24, 2.45) is 0 Å². The van der Waals surface area contributed by atoms with Crippen LogP contribution in [0.1, 0.15) is 33.4 Å². The Hall–Kier alpha value is -1.69. The van der Waals surface area contributed by atoms with Crippen molar-refractivity contribution in [1.29, 1.82) is 0 Å². The molecule has 1 rings (SSSR count). The maximum Gasteiger partial charge on any atom is 0.411 e. The highest BCUT2D eigenvalue weighted by atomic mass is 35.5. The van der Waals surface area contributed by atoms with Gasteiger partial charge in [0.25, 0.3) is 0 Å². The summed E-state index contributed by atoms with van der Waals surface area (Å²) in [5.41, 5.74) is -1.69. The monoisotopic (exact) mass is 299 g/mol. The van der Waals surface area contributed by atoms with E-state index in [1.807, 2.05) is 0 Å². The number of rotatable bonds is 3. The number of halogens is 1. The minimum atomic E-state index is -1.31. The van der Waals surface area contributed by atoms with E-state index in [-0.39, 0.29) is 10.8 Å². The lowest BCUT2D eigenvalue weighted by Crippen LogP contribution is -2.48. The van der Waals surface area contributed by atoms with Crippen molar-refractivity contribution in [3.63, 3.8) is 0 Å². The molecule has 7 heteroatoms. The molecule has 1 aromatic rings. The van der Waals surface area contributed by atoms with E-state index in [0.29, 0.717) is 6.29 Å². The highest BCUT2D eigenvalue weighted by molar-refractivity contribution is 6.29. The summed E-state index contributed by atoms with van der Waals surface area (Å²) < 4.78 is 5.25. The van der Waals surface area contributed by atoms with E-state index in [4.69, 9.17) is 16.3 Å². The van der Waals surface area contributed by atoms with Crippen molar-refractivity contribution in [2.45, 2.75) is 38.8 Å². The molecule has 0 spiro atoms. The fourth-order valence-corrected chi connectivity index (χ4v) is 1.56. The van der Waals surface area contributed by atoms with Gasteiger partial charge in [0.15, 0.2) is 6.29 Å². The molecule has 0 radical (unpaired) electrons. The molecule has 20 heavy (non-hydrogen) atoms. The Balaban J connectivity index is 3.10. The quantitative estimate of drug-likeness (QED) is 0.801. The van der Waals surface area contributed by atoms with Crippen LogP contribution in [0.4, 0.5) is 4.79 Å². The third-order valence-electron chi connectivity index (χ3n) is 2.72. The Labute approximate surface area is 123 Å². The first-order valence-electron chi connectivity index (χ1n) is 6.01. The van der Waals surface area contributed by atoms with Crippen molar-refractivity contribution >= 4 is 24.0 Å². The highest BCUT2D eigenvalue weighted by Gasteiger charge is 2.38. The van der Waals surface area contributed by atoms with Gasteiger partial charge in [0.2, 0.25) is 0 Å². The van der Waals surface area contributed by atoms with Gasteiger partial charge in [0.1, 0.15) is 16.3 Å². The molecule has 0 saturated heterocycles. The van der Waals surface area contributed by atoms with E-state index < -0.39 is 17.2 Å². The van der Waals surface area contributed by atoms with Gasteiger partial charge >= 0.3 is 6.09 Å². The second kappa shape index (κ2) is 5.75.